The molecule has 2 aromatic carbocycles. The largest absolute Gasteiger partial charge is 0.493 e. The van der Waals surface area contributed by atoms with Crippen LogP contribution in [0.3, 0.4) is 0 Å². The van der Waals surface area contributed by atoms with E-state index in [9.17, 15) is 9.50 Å². The predicted octanol–water partition coefficient (Wildman–Crippen LogP) is 2.74. The summed E-state index contributed by atoms with van der Waals surface area (Å²) in [6, 6.07) is 11.4. The smallest absolute Gasteiger partial charge is 0.203 e. The molecule has 0 saturated carbocycles. The quantitative estimate of drug-likeness (QED) is 0.709. The van der Waals surface area contributed by atoms with Crippen LogP contribution in [0.5, 0.6) is 23.0 Å². The second kappa shape index (κ2) is 9.61. The van der Waals surface area contributed by atoms with Gasteiger partial charge in [-0.3, -0.25) is 4.90 Å². The van der Waals surface area contributed by atoms with Crippen LogP contribution in [0.1, 0.15) is 6.42 Å². The number of hydrogen-bond donors (Lipinski definition) is 1. The molecule has 0 aliphatic carbocycles. The minimum atomic E-state index is -0.667. The normalized spacial score (nSPS) is 17.9. The molecule has 1 heterocycles. The average Bonchev–Trinajstić information content (AvgIpc) is 3.14. The number of para-hydroxylation sites is 1. The molecule has 1 saturated heterocycles. The van der Waals surface area contributed by atoms with Crippen molar-refractivity contribution in [3.05, 3.63) is 48.3 Å². The number of halogens is 1. The highest BCUT2D eigenvalue weighted by molar-refractivity contribution is 5.51. The molecule has 6 nitrogen and oxygen atoms in total. The summed E-state index contributed by atoms with van der Waals surface area (Å²) in [6.07, 6.45) is 0.206. The molecule has 0 amide bonds. The highest BCUT2D eigenvalue weighted by atomic mass is 19.1. The van der Waals surface area contributed by atoms with E-state index in [4.69, 9.17) is 18.9 Å². The molecule has 2 aromatic rings. The molecule has 7 heteroatoms. The molecule has 0 radical (unpaired) electrons. The zero-order valence-corrected chi connectivity index (χ0v) is 16.1. The first-order chi connectivity index (χ1) is 13.6. The molecule has 1 aliphatic rings. The van der Waals surface area contributed by atoms with Gasteiger partial charge in [-0.2, -0.15) is 0 Å². The highest BCUT2D eigenvalue weighted by Crippen LogP contribution is 2.36. The lowest BCUT2D eigenvalue weighted by molar-refractivity contribution is 0.0698. The monoisotopic (exact) mass is 391 g/mol. The molecule has 2 unspecified atom stereocenters. The number of hydrogen-bond acceptors (Lipinski definition) is 6. The first-order valence-electron chi connectivity index (χ1n) is 9.25. The van der Waals surface area contributed by atoms with Crippen molar-refractivity contribution in [1.29, 1.82) is 0 Å². The van der Waals surface area contributed by atoms with E-state index in [-0.39, 0.29) is 18.5 Å². The Hall–Kier alpha value is -2.51. The molecule has 1 aliphatic heterocycles. The van der Waals surface area contributed by atoms with E-state index in [2.05, 4.69) is 4.90 Å². The fourth-order valence-electron chi connectivity index (χ4n) is 3.25. The van der Waals surface area contributed by atoms with Crippen molar-refractivity contribution in [2.45, 2.75) is 18.6 Å². The Kier molecular flexibility index (Phi) is 6.95. The lowest BCUT2D eigenvalue weighted by Gasteiger charge is -2.21. The van der Waals surface area contributed by atoms with Crippen molar-refractivity contribution >= 4 is 0 Å². The zero-order valence-electron chi connectivity index (χ0n) is 16.1. The van der Waals surface area contributed by atoms with Crippen LogP contribution >= 0.6 is 0 Å². The van der Waals surface area contributed by atoms with Gasteiger partial charge in [-0.05, 0) is 42.8 Å². The number of rotatable bonds is 9. The maximum atomic E-state index is 13.0. The number of nitrogens with zero attached hydrogens (tertiary/aromatic N) is 1. The number of benzene rings is 2. The summed E-state index contributed by atoms with van der Waals surface area (Å²) in [7, 11) is 3.12. The molecule has 2 atom stereocenters. The first kappa shape index (κ1) is 20.2. The maximum absolute atomic E-state index is 13.0. The highest BCUT2D eigenvalue weighted by Gasteiger charge is 2.26. The Balaban J connectivity index is 1.47. The third kappa shape index (κ3) is 5.27. The van der Waals surface area contributed by atoms with Crippen LogP contribution in [0.2, 0.25) is 0 Å². The van der Waals surface area contributed by atoms with Gasteiger partial charge in [0.25, 0.3) is 0 Å². The van der Waals surface area contributed by atoms with Crippen molar-refractivity contribution in [2.75, 3.05) is 40.5 Å². The van der Waals surface area contributed by atoms with Gasteiger partial charge in [0.2, 0.25) is 5.75 Å². The molecular weight excluding hydrogens is 365 g/mol. The van der Waals surface area contributed by atoms with Gasteiger partial charge in [0.1, 0.15) is 30.4 Å². The average molecular weight is 391 g/mol. The van der Waals surface area contributed by atoms with E-state index in [0.717, 1.165) is 13.0 Å². The predicted molar refractivity (Wildman–Crippen MR) is 103 cm³/mol. The van der Waals surface area contributed by atoms with Gasteiger partial charge in [0.05, 0.1) is 14.2 Å². The SMILES string of the molecule is COc1cccc(OC)c1OCC(O)CN1CCC(Oc2ccc(F)cc2)C1. The zero-order chi connectivity index (χ0) is 19.9. The van der Waals surface area contributed by atoms with Crippen LogP contribution in [0.4, 0.5) is 4.39 Å². The second-order valence-corrected chi connectivity index (χ2v) is 6.70. The van der Waals surface area contributed by atoms with Gasteiger partial charge in [-0.15, -0.1) is 0 Å². The van der Waals surface area contributed by atoms with Crippen molar-refractivity contribution in [1.82, 2.24) is 4.90 Å². The second-order valence-electron chi connectivity index (χ2n) is 6.70. The fourth-order valence-corrected chi connectivity index (χ4v) is 3.25. The Morgan fingerprint density at radius 3 is 2.43 bits per heavy atom. The van der Waals surface area contributed by atoms with E-state index in [1.54, 1.807) is 38.5 Å². The lowest BCUT2D eigenvalue weighted by Crippen LogP contribution is -2.35. The van der Waals surface area contributed by atoms with Crippen LogP contribution in [0.25, 0.3) is 0 Å². The number of methoxy groups -OCH3 is 2. The Morgan fingerprint density at radius 1 is 1.11 bits per heavy atom. The standard InChI is InChI=1S/C21H26FNO5/c1-25-19-4-3-5-20(26-2)21(19)27-14-16(24)12-23-11-10-18(13-23)28-17-8-6-15(22)7-9-17/h3-9,16,18,24H,10-14H2,1-2H3. The van der Waals surface area contributed by atoms with E-state index >= 15 is 0 Å². The van der Waals surface area contributed by atoms with E-state index in [1.807, 2.05) is 6.07 Å². The van der Waals surface area contributed by atoms with Crippen molar-refractivity contribution in [3.63, 3.8) is 0 Å². The van der Waals surface area contributed by atoms with Crippen LogP contribution in [-0.2, 0) is 0 Å². The first-order valence-corrected chi connectivity index (χ1v) is 9.25. The summed E-state index contributed by atoms with van der Waals surface area (Å²) >= 11 is 0. The summed E-state index contributed by atoms with van der Waals surface area (Å²) in [4.78, 5) is 2.13. The molecule has 152 valence electrons. The van der Waals surface area contributed by atoms with Gasteiger partial charge in [0.15, 0.2) is 11.5 Å². The molecule has 0 aromatic heterocycles. The third-order valence-corrected chi connectivity index (χ3v) is 4.62. The molecule has 3 rings (SSSR count). The van der Waals surface area contributed by atoms with E-state index in [0.29, 0.717) is 36.1 Å². The number of likely N-dealkylation sites (tertiary alicyclic amines) is 1. The van der Waals surface area contributed by atoms with Gasteiger partial charge >= 0.3 is 0 Å². The summed E-state index contributed by atoms with van der Waals surface area (Å²) in [5, 5.41) is 10.4. The summed E-state index contributed by atoms with van der Waals surface area (Å²) in [5.41, 5.74) is 0. The van der Waals surface area contributed by atoms with Crippen LogP contribution in [0.15, 0.2) is 42.5 Å². The van der Waals surface area contributed by atoms with Crippen LogP contribution in [0, 0.1) is 5.82 Å². The summed E-state index contributed by atoms with van der Waals surface area (Å²) in [6.45, 7) is 2.12. The Morgan fingerprint density at radius 2 is 1.79 bits per heavy atom. The Labute approximate surface area is 164 Å². The Bertz CT molecular complexity index is 733. The topological polar surface area (TPSA) is 60.4 Å². The summed E-state index contributed by atoms with van der Waals surface area (Å²) in [5.74, 6) is 1.96. The van der Waals surface area contributed by atoms with Gasteiger partial charge in [-0.1, -0.05) is 6.07 Å². The third-order valence-electron chi connectivity index (χ3n) is 4.62. The number of aliphatic hydroxyl groups is 1. The minimum absolute atomic E-state index is 0.0212. The minimum Gasteiger partial charge on any atom is -0.493 e. The summed E-state index contributed by atoms with van der Waals surface area (Å²) < 4.78 is 35.2. The van der Waals surface area contributed by atoms with E-state index in [1.165, 1.54) is 12.1 Å². The fraction of sp³-hybridized carbons (Fsp3) is 0.429. The maximum Gasteiger partial charge on any atom is 0.203 e. The van der Waals surface area contributed by atoms with Crippen molar-refractivity contribution < 1.29 is 28.4 Å². The van der Waals surface area contributed by atoms with Crippen molar-refractivity contribution in [3.8, 4) is 23.0 Å². The molecule has 0 bridgehead atoms. The van der Waals surface area contributed by atoms with Gasteiger partial charge < -0.3 is 24.1 Å². The lowest BCUT2D eigenvalue weighted by atomic mass is 10.3. The van der Waals surface area contributed by atoms with Crippen LogP contribution < -0.4 is 18.9 Å². The van der Waals surface area contributed by atoms with Crippen molar-refractivity contribution in [2.24, 2.45) is 0 Å². The van der Waals surface area contributed by atoms with E-state index < -0.39 is 6.10 Å². The number of ether oxygens (including phenoxy) is 4. The molecule has 1 N–H and O–H groups in total. The molecule has 1 fully saturated rings. The van der Waals surface area contributed by atoms with Gasteiger partial charge in [-0.25, -0.2) is 4.39 Å². The molecular formula is C21H26FNO5. The molecule has 28 heavy (non-hydrogen) atoms. The molecule has 0 spiro atoms. The van der Waals surface area contributed by atoms with Gasteiger partial charge in [0, 0.05) is 19.6 Å². The van der Waals surface area contributed by atoms with Crippen LogP contribution in [-0.4, -0.2) is 62.7 Å². The number of β-amino-alcohol motifs (C(OH)–C–C–N with tert-alkyl or cyclic N) is 1. The number of aliphatic hydroxyl groups excluding tert-OH is 1.